The Labute approximate surface area is 180 Å². The molecular formula is C25H33N3O2. The van der Waals surface area contributed by atoms with Crippen molar-refractivity contribution in [3.05, 3.63) is 60.4 Å². The molecule has 160 valence electrons. The van der Waals surface area contributed by atoms with Crippen molar-refractivity contribution in [1.82, 2.24) is 9.88 Å². The van der Waals surface area contributed by atoms with E-state index in [1.165, 1.54) is 18.4 Å². The van der Waals surface area contributed by atoms with E-state index in [-0.39, 0.29) is 6.09 Å². The number of piperidine rings is 1. The Hall–Kier alpha value is -2.40. The molecule has 5 nitrogen and oxygen atoms in total. The lowest BCUT2D eigenvalue weighted by molar-refractivity contribution is 0.0550. The molecule has 3 atom stereocenters. The zero-order valence-corrected chi connectivity index (χ0v) is 18.3. The van der Waals surface area contributed by atoms with E-state index in [2.05, 4.69) is 40.2 Å². The third kappa shape index (κ3) is 5.01. The van der Waals surface area contributed by atoms with Crippen LogP contribution < -0.4 is 4.90 Å². The average Bonchev–Trinajstić information content (AvgIpc) is 2.94. The van der Waals surface area contributed by atoms with Crippen molar-refractivity contribution >= 4 is 11.8 Å². The first-order valence-corrected chi connectivity index (χ1v) is 11.1. The number of hydrogen-bond donors (Lipinski definition) is 0. The minimum absolute atomic E-state index is 0.271. The molecule has 5 heteroatoms. The monoisotopic (exact) mass is 407 g/mol. The number of aromatic nitrogens is 1. The van der Waals surface area contributed by atoms with E-state index in [4.69, 9.17) is 4.74 Å². The number of nitrogens with zero attached hydrogens (tertiary/aromatic N) is 3. The lowest BCUT2D eigenvalue weighted by atomic mass is 9.89. The molecule has 2 aliphatic rings. The van der Waals surface area contributed by atoms with Gasteiger partial charge in [-0.25, -0.2) is 4.79 Å². The van der Waals surface area contributed by atoms with E-state index in [0.29, 0.717) is 24.5 Å². The van der Waals surface area contributed by atoms with Gasteiger partial charge in [0, 0.05) is 37.6 Å². The van der Waals surface area contributed by atoms with Crippen LogP contribution in [-0.2, 0) is 11.3 Å². The third-order valence-electron chi connectivity index (χ3n) is 6.22. The van der Waals surface area contributed by atoms with Gasteiger partial charge in [0.15, 0.2) is 0 Å². The van der Waals surface area contributed by atoms with Crippen molar-refractivity contribution in [3.63, 3.8) is 0 Å². The normalized spacial score (nSPS) is 23.9. The predicted molar refractivity (Wildman–Crippen MR) is 119 cm³/mol. The van der Waals surface area contributed by atoms with Crippen LogP contribution >= 0.6 is 0 Å². The second kappa shape index (κ2) is 8.76. The van der Waals surface area contributed by atoms with Gasteiger partial charge in [-0.05, 0) is 70.1 Å². The Morgan fingerprint density at radius 3 is 2.30 bits per heavy atom. The third-order valence-corrected chi connectivity index (χ3v) is 6.22. The molecule has 1 aromatic carbocycles. The second-order valence-electron chi connectivity index (χ2n) is 9.68. The van der Waals surface area contributed by atoms with E-state index in [0.717, 1.165) is 25.1 Å². The summed E-state index contributed by atoms with van der Waals surface area (Å²) in [6.45, 7) is 7.47. The van der Waals surface area contributed by atoms with Gasteiger partial charge >= 0.3 is 6.09 Å². The Morgan fingerprint density at radius 2 is 1.70 bits per heavy atom. The van der Waals surface area contributed by atoms with Crippen molar-refractivity contribution in [2.75, 3.05) is 11.4 Å². The van der Waals surface area contributed by atoms with Gasteiger partial charge in [0.05, 0.1) is 5.69 Å². The molecule has 2 aliphatic heterocycles. The molecule has 2 fully saturated rings. The van der Waals surface area contributed by atoms with Gasteiger partial charge < -0.3 is 4.74 Å². The standard InChI is InChI=1S/C25H33N3O2/c1-25(2,3)30-24(29)28(21-11-13-26-14-12-21)18-20-15-22-9-10-23(16-20)27(22)17-19-7-5-4-6-8-19/h4-8,11-14,20,22-23H,9-10,15-18H2,1-3H3/t20-,22-,23+. The molecule has 0 radical (unpaired) electrons. The summed E-state index contributed by atoms with van der Waals surface area (Å²) in [5.74, 6) is 0.482. The van der Waals surface area contributed by atoms with Crippen LogP contribution in [0.1, 0.15) is 52.0 Å². The smallest absolute Gasteiger partial charge is 0.414 e. The number of pyridine rings is 1. The predicted octanol–water partition coefficient (Wildman–Crippen LogP) is 5.27. The Balaban J connectivity index is 1.45. The summed E-state index contributed by atoms with van der Waals surface area (Å²) >= 11 is 0. The maximum atomic E-state index is 13.0. The summed E-state index contributed by atoms with van der Waals surface area (Å²) in [4.78, 5) is 21.6. The van der Waals surface area contributed by atoms with Gasteiger partial charge in [0.2, 0.25) is 0 Å². The topological polar surface area (TPSA) is 45.7 Å². The van der Waals surface area contributed by atoms with Crippen LogP contribution in [0.15, 0.2) is 54.9 Å². The minimum atomic E-state index is -0.513. The molecule has 2 bridgehead atoms. The van der Waals surface area contributed by atoms with E-state index >= 15 is 0 Å². The number of benzene rings is 1. The SMILES string of the molecule is CC(C)(C)OC(=O)N(C[C@@H]1C[C@H]2CC[C@@H](C1)N2Cc1ccccc1)c1ccncc1. The highest BCUT2D eigenvalue weighted by Gasteiger charge is 2.41. The molecule has 2 saturated heterocycles. The van der Waals surface area contributed by atoms with E-state index in [1.54, 1.807) is 12.4 Å². The summed E-state index contributed by atoms with van der Waals surface area (Å²) in [5.41, 5.74) is 1.73. The lowest BCUT2D eigenvalue weighted by Crippen LogP contribution is -2.47. The van der Waals surface area contributed by atoms with E-state index in [9.17, 15) is 4.79 Å². The molecule has 1 amide bonds. The first-order valence-electron chi connectivity index (χ1n) is 11.1. The van der Waals surface area contributed by atoms with Crippen molar-refractivity contribution in [2.24, 2.45) is 5.92 Å². The fraction of sp³-hybridized carbons (Fsp3) is 0.520. The van der Waals surface area contributed by atoms with Gasteiger partial charge in [-0.1, -0.05) is 30.3 Å². The van der Waals surface area contributed by atoms with Crippen LogP contribution in [0.4, 0.5) is 10.5 Å². The first-order chi connectivity index (χ1) is 14.4. The van der Waals surface area contributed by atoms with Crippen molar-refractivity contribution in [3.8, 4) is 0 Å². The van der Waals surface area contributed by atoms with Gasteiger partial charge in [-0.15, -0.1) is 0 Å². The maximum Gasteiger partial charge on any atom is 0.414 e. The highest BCUT2D eigenvalue weighted by molar-refractivity contribution is 5.87. The quantitative estimate of drug-likeness (QED) is 0.678. The number of carbonyl (C=O) groups is 1. The van der Waals surface area contributed by atoms with Gasteiger partial charge in [0.25, 0.3) is 0 Å². The van der Waals surface area contributed by atoms with Crippen molar-refractivity contribution < 1.29 is 9.53 Å². The maximum absolute atomic E-state index is 13.0. The average molecular weight is 408 g/mol. The summed E-state index contributed by atoms with van der Waals surface area (Å²) in [6.07, 6.45) is 7.98. The summed E-state index contributed by atoms with van der Waals surface area (Å²) in [6, 6.07) is 15.8. The molecule has 30 heavy (non-hydrogen) atoms. The molecule has 3 heterocycles. The molecular weight excluding hydrogens is 374 g/mol. The number of carbonyl (C=O) groups excluding carboxylic acids is 1. The molecule has 0 aliphatic carbocycles. The van der Waals surface area contributed by atoms with Crippen LogP contribution in [0.3, 0.4) is 0 Å². The van der Waals surface area contributed by atoms with Crippen LogP contribution in [0.2, 0.25) is 0 Å². The largest absolute Gasteiger partial charge is 0.443 e. The second-order valence-corrected chi connectivity index (χ2v) is 9.68. The number of fused-ring (bicyclic) bond motifs is 2. The number of ether oxygens (including phenoxy) is 1. The zero-order chi connectivity index (χ0) is 21.1. The fourth-order valence-corrected chi connectivity index (χ4v) is 4.97. The lowest BCUT2D eigenvalue weighted by Gasteiger charge is -2.40. The summed E-state index contributed by atoms with van der Waals surface area (Å²) < 4.78 is 5.72. The van der Waals surface area contributed by atoms with Crippen LogP contribution in [0.5, 0.6) is 0 Å². The molecule has 0 N–H and O–H groups in total. The van der Waals surface area contributed by atoms with Crippen molar-refractivity contribution in [1.29, 1.82) is 0 Å². The Morgan fingerprint density at radius 1 is 1.07 bits per heavy atom. The molecule has 1 aromatic heterocycles. The van der Waals surface area contributed by atoms with Crippen LogP contribution in [0.25, 0.3) is 0 Å². The Kier molecular flexibility index (Phi) is 6.09. The fourth-order valence-electron chi connectivity index (χ4n) is 4.97. The van der Waals surface area contributed by atoms with Crippen LogP contribution in [0, 0.1) is 5.92 Å². The van der Waals surface area contributed by atoms with Crippen molar-refractivity contribution in [2.45, 2.75) is 70.7 Å². The zero-order valence-electron chi connectivity index (χ0n) is 18.3. The molecule has 0 unspecified atom stereocenters. The number of amides is 1. The van der Waals surface area contributed by atoms with E-state index < -0.39 is 5.60 Å². The highest BCUT2D eigenvalue weighted by atomic mass is 16.6. The van der Waals surface area contributed by atoms with Gasteiger partial charge in [-0.2, -0.15) is 0 Å². The molecule has 0 spiro atoms. The highest BCUT2D eigenvalue weighted by Crippen LogP contribution is 2.40. The van der Waals surface area contributed by atoms with Gasteiger partial charge in [0.1, 0.15) is 5.60 Å². The minimum Gasteiger partial charge on any atom is -0.443 e. The molecule has 4 rings (SSSR count). The van der Waals surface area contributed by atoms with Gasteiger partial charge in [-0.3, -0.25) is 14.8 Å². The number of anilines is 1. The van der Waals surface area contributed by atoms with Crippen LogP contribution in [-0.4, -0.2) is 40.2 Å². The van der Waals surface area contributed by atoms with E-state index in [1.807, 2.05) is 37.8 Å². The molecule has 2 aromatic rings. The number of rotatable bonds is 5. The Bertz CT molecular complexity index is 820. The summed E-state index contributed by atoms with van der Waals surface area (Å²) in [5, 5.41) is 0. The first kappa shape index (κ1) is 20.9. The summed E-state index contributed by atoms with van der Waals surface area (Å²) in [7, 11) is 0. The number of hydrogen-bond acceptors (Lipinski definition) is 4. The molecule has 0 saturated carbocycles.